The number of anilines is 2. The van der Waals surface area contributed by atoms with Gasteiger partial charge in [0.05, 0.1) is 0 Å². The smallest absolute Gasteiger partial charge is 0.326 e. The first-order valence-corrected chi connectivity index (χ1v) is 6.51. The summed E-state index contributed by atoms with van der Waals surface area (Å²) in [6, 6.07) is 15.1. The lowest BCUT2D eigenvalue weighted by Crippen LogP contribution is -2.32. The fraction of sp³-hybridized carbons (Fsp3) is 0.188. The van der Waals surface area contributed by atoms with E-state index in [-0.39, 0.29) is 6.03 Å². The highest BCUT2D eigenvalue weighted by molar-refractivity contribution is 6.01. The predicted molar refractivity (Wildman–Crippen MR) is 82.9 cm³/mol. The van der Waals surface area contributed by atoms with Crippen LogP contribution in [0.1, 0.15) is 11.1 Å². The normalized spacial score (nSPS) is 10.2. The van der Waals surface area contributed by atoms with Crippen molar-refractivity contribution in [1.82, 2.24) is 0 Å². The van der Waals surface area contributed by atoms with Crippen molar-refractivity contribution in [3.05, 3.63) is 59.7 Å². The van der Waals surface area contributed by atoms with Gasteiger partial charge in [0.2, 0.25) is 0 Å². The Labute approximate surface area is 119 Å². The lowest BCUT2D eigenvalue weighted by Gasteiger charge is -2.20. The Hall–Kier alpha value is -2.33. The SMILES string of the molecule is Cc1cccc(NC(=O)N(C)c2ccccc2CN)c1. The van der Waals surface area contributed by atoms with Crippen molar-refractivity contribution in [2.45, 2.75) is 13.5 Å². The van der Waals surface area contributed by atoms with Crippen LogP contribution in [0, 0.1) is 6.92 Å². The van der Waals surface area contributed by atoms with Crippen molar-refractivity contribution in [3.8, 4) is 0 Å². The molecule has 0 fully saturated rings. The molecule has 2 amide bonds. The van der Waals surface area contributed by atoms with E-state index >= 15 is 0 Å². The van der Waals surface area contributed by atoms with Crippen molar-refractivity contribution in [3.63, 3.8) is 0 Å². The summed E-state index contributed by atoms with van der Waals surface area (Å²) in [5.74, 6) is 0. The molecule has 0 aliphatic heterocycles. The van der Waals surface area contributed by atoms with E-state index in [0.29, 0.717) is 6.54 Å². The molecular weight excluding hydrogens is 250 g/mol. The van der Waals surface area contributed by atoms with Crippen LogP contribution in [0.5, 0.6) is 0 Å². The van der Waals surface area contributed by atoms with Crippen LogP contribution in [0.2, 0.25) is 0 Å². The third kappa shape index (κ3) is 3.16. The molecule has 0 aliphatic carbocycles. The Bertz CT molecular complexity index is 610. The standard InChI is InChI=1S/C16H19N3O/c1-12-6-5-8-14(10-12)18-16(20)19(2)15-9-4-3-7-13(15)11-17/h3-10H,11,17H2,1-2H3,(H,18,20). The molecule has 0 spiro atoms. The summed E-state index contributed by atoms with van der Waals surface area (Å²) in [6.45, 7) is 2.39. The van der Waals surface area contributed by atoms with Crippen LogP contribution < -0.4 is 16.0 Å². The average molecular weight is 269 g/mol. The van der Waals surface area contributed by atoms with Crippen LogP contribution in [0.25, 0.3) is 0 Å². The summed E-state index contributed by atoms with van der Waals surface area (Å²) in [5.41, 5.74) is 9.35. The van der Waals surface area contributed by atoms with E-state index < -0.39 is 0 Å². The number of rotatable bonds is 3. The highest BCUT2D eigenvalue weighted by atomic mass is 16.2. The van der Waals surface area contributed by atoms with Crippen LogP contribution in [-0.4, -0.2) is 13.1 Å². The number of aryl methyl sites for hydroxylation is 1. The van der Waals surface area contributed by atoms with Crippen molar-refractivity contribution >= 4 is 17.4 Å². The summed E-state index contributed by atoms with van der Waals surface area (Å²) < 4.78 is 0. The minimum absolute atomic E-state index is 0.184. The molecule has 4 nitrogen and oxygen atoms in total. The highest BCUT2D eigenvalue weighted by Crippen LogP contribution is 2.20. The van der Waals surface area contributed by atoms with Gasteiger partial charge < -0.3 is 11.1 Å². The van der Waals surface area contributed by atoms with Gasteiger partial charge in [0.25, 0.3) is 0 Å². The average Bonchev–Trinajstić information content (AvgIpc) is 2.46. The van der Waals surface area contributed by atoms with Crippen molar-refractivity contribution < 1.29 is 4.79 Å². The number of nitrogens with one attached hydrogen (secondary N) is 1. The zero-order chi connectivity index (χ0) is 14.5. The lowest BCUT2D eigenvalue weighted by molar-refractivity contribution is 0.258. The van der Waals surface area contributed by atoms with Crippen molar-refractivity contribution in [2.24, 2.45) is 5.73 Å². The summed E-state index contributed by atoms with van der Waals surface area (Å²) in [6.07, 6.45) is 0. The van der Waals surface area contributed by atoms with E-state index in [2.05, 4.69) is 5.32 Å². The molecule has 0 saturated carbocycles. The minimum Gasteiger partial charge on any atom is -0.326 e. The molecule has 0 unspecified atom stereocenters. The van der Waals surface area contributed by atoms with Gasteiger partial charge in [0.15, 0.2) is 0 Å². The minimum atomic E-state index is -0.184. The highest BCUT2D eigenvalue weighted by Gasteiger charge is 2.13. The lowest BCUT2D eigenvalue weighted by atomic mass is 10.1. The number of benzene rings is 2. The van der Waals surface area contributed by atoms with E-state index in [0.717, 1.165) is 22.5 Å². The molecule has 0 radical (unpaired) electrons. The number of hydrogen-bond donors (Lipinski definition) is 2. The summed E-state index contributed by atoms with van der Waals surface area (Å²) in [4.78, 5) is 13.8. The Morgan fingerprint density at radius 2 is 1.95 bits per heavy atom. The number of amides is 2. The van der Waals surface area contributed by atoms with E-state index in [1.54, 1.807) is 11.9 Å². The van der Waals surface area contributed by atoms with Gasteiger partial charge >= 0.3 is 6.03 Å². The molecule has 2 aromatic carbocycles. The number of nitrogens with zero attached hydrogens (tertiary/aromatic N) is 1. The maximum atomic E-state index is 12.3. The van der Waals surface area contributed by atoms with E-state index in [1.807, 2.05) is 55.5 Å². The first kappa shape index (κ1) is 14.1. The molecule has 0 aliphatic rings. The zero-order valence-corrected chi connectivity index (χ0v) is 11.8. The first-order chi connectivity index (χ1) is 9.61. The molecule has 2 aromatic rings. The molecule has 20 heavy (non-hydrogen) atoms. The fourth-order valence-electron chi connectivity index (χ4n) is 2.05. The second kappa shape index (κ2) is 6.21. The van der Waals surface area contributed by atoms with Gasteiger partial charge in [-0.2, -0.15) is 0 Å². The third-order valence-corrected chi connectivity index (χ3v) is 3.15. The molecule has 0 aromatic heterocycles. The summed E-state index contributed by atoms with van der Waals surface area (Å²) in [7, 11) is 1.74. The van der Waals surface area contributed by atoms with E-state index in [1.165, 1.54) is 0 Å². The van der Waals surface area contributed by atoms with E-state index in [9.17, 15) is 4.79 Å². The second-order valence-corrected chi connectivity index (χ2v) is 4.69. The molecule has 4 heteroatoms. The number of urea groups is 1. The van der Waals surface area contributed by atoms with Gasteiger partial charge in [-0.05, 0) is 36.2 Å². The van der Waals surface area contributed by atoms with Crippen LogP contribution in [0.4, 0.5) is 16.2 Å². The van der Waals surface area contributed by atoms with Crippen LogP contribution in [0.15, 0.2) is 48.5 Å². The predicted octanol–water partition coefficient (Wildman–Crippen LogP) is 3.12. The number of hydrogen-bond acceptors (Lipinski definition) is 2. The molecular formula is C16H19N3O. The van der Waals surface area contributed by atoms with Gasteiger partial charge in [-0.15, -0.1) is 0 Å². The molecule has 2 rings (SSSR count). The third-order valence-electron chi connectivity index (χ3n) is 3.15. The topological polar surface area (TPSA) is 58.4 Å². The van der Waals surface area contributed by atoms with Crippen LogP contribution >= 0.6 is 0 Å². The Balaban J connectivity index is 2.16. The van der Waals surface area contributed by atoms with E-state index in [4.69, 9.17) is 5.73 Å². The number of carbonyl (C=O) groups excluding carboxylic acids is 1. The van der Waals surface area contributed by atoms with Crippen molar-refractivity contribution in [1.29, 1.82) is 0 Å². The Kier molecular flexibility index (Phi) is 4.38. The second-order valence-electron chi connectivity index (χ2n) is 4.69. The number of nitrogens with two attached hydrogens (primary N) is 1. The first-order valence-electron chi connectivity index (χ1n) is 6.51. The fourth-order valence-corrected chi connectivity index (χ4v) is 2.05. The Morgan fingerprint density at radius 3 is 2.65 bits per heavy atom. The zero-order valence-electron chi connectivity index (χ0n) is 11.8. The Morgan fingerprint density at radius 1 is 1.20 bits per heavy atom. The van der Waals surface area contributed by atoms with Crippen molar-refractivity contribution in [2.75, 3.05) is 17.3 Å². The molecule has 0 saturated heterocycles. The number of para-hydroxylation sites is 1. The maximum Gasteiger partial charge on any atom is 0.326 e. The molecule has 104 valence electrons. The maximum absolute atomic E-state index is 12.3. The summed E-state index contributed by atoms with van der Waals surface area (Å²) >= 11 is 0. The van der Waals surface area contributed by atoms with Gasteiger partial charge in [0, 0.05) is 25.0 Å². The molecule has 0 atom stereocenters. The molecule has 3 N–H and O–H groups in total. The molecule has 0 heterocycles. The summed E-state index contributed by atoms with van der Waals surface area (Å²) in [5, 5.41) is 2.88. The van der Waals surface area contributed by atoms with Gasteiger partial charge in [-0.1, -0.05) is 30.3 Å². The largest absolute Gasteiger partial charge is 0.326 e. The van der Waals surface area contributed by atoms with Crippen LogP contribution in [-0.2, 0) is 6.54 Å². The van der Waals surface area contributed by atoms with Crippen LogP contribution in [0.3, 0.4) is 0 Å². The quantitative estimate of drug-likeness (QED) is 0.899. The van der Waals surface area contributed by atoms with Gasteiger partial charge in [-0.3, -0.25) is 4.90 Å². The van der Waals surface area contributed by atoms with Gasteiger partial charge in [0.1, 0.15) is 0 Å². The monoisotopic (exact) mass is 269 g/mol. The number of carbonyl (C=O) groups is 1. The van der Waals surface area contributed by atoms with Gasteiger partial charge in [-0.25, -0.2) is 4.79 Å². The molecule has 0 bridgehead atoms.